The van der Waals surface area contributed by atoms with Gasteiger partial charge in [-0.1, -0.05) is 30.0 Å². The van der Waals surface area contributed by atoms with Crippen molar-refractivity contribution in [1.29, 1.82) is 0 Å². The zero-order valence-corrected chi connectivity index (χ0v) is 26.0. The van der Waals surface area contributed by atoms with Gasteiger partial charge >= 0.3 is 5.97 Å². The number of aryl methyl sites for hydroxylation is 1. The number of carboxylic acid groups (broad SMARTS) is 1. The third kappa shape index (κ3) is 7.96. The van der Waals surface area contributed by atoms with Crippen LogP contribution in [0.15, 0.2) is 52.7 Å². The van der Waals surface area contributed by atoms with Gasteiger partial charge in [0.15, 0.2) is 11.6 Å². The Hall–Kier alpha value is -3.49. The Morgan fingerprint density at radius 1 is 1.05 bits per heavy atom. The van der Waals surface area contributed by atoms with E-state index < -0.39 is 17.6 Å². The lowest BCUT2D eigenvalue weighted by atomic mass is 10.0. The summed E-state index contributed by atoms with van der Waals surface area (Å²) in [7, 11) is 0. The number of halogens is 2. The van der Waals surface area contributed by atoms with Gasteiger partial charge < -0.3 is 15.2 Å². The highest BCUT2D eigenvalue weighted by atomic mass is 32.2. The summed E-state index contributed by atoms with van der Waals surface area (Å²) in [4.78, 5) is 42.4. The Labute approximate surface area is 266 Å². The Morgan fingerprint density at radius 2 is 1.84 bits per heavy atom. The minimum atomic E-state index is -1.04. The predicted molar refractivity (Wildman–Crippen MR) is 172 cm³/mol. The summed E-state index contributed by atoms with van der Waals surface area (Å²) < 4.78 is 32.7. The fourth-order valence-corrected chi connectivity index (χ4v) is 7.10. The zero-order valence-electron chi connectivity index (χ0n) is 23.5. The maximum atomic E-state index is 13.7. The Bertz CT molecular complexity index is 1620. The van der Waals surface area contributed by atoms with Gasteiger partial charge in [-0.05, 0) is 83.9 Å². The number of ether oxygens (including phenoxy) is 1. The average molecular weight is 658 g/mol. The molecule has 8 nitrogen and oxygen atoms in total. The van der Waals surface area contributed by atoms with Crippen LogP contribution in [0.2, 0.25) is 0 Å². The number of thiocarbonyl (C=S) groups is 1. The standard InChI is InChI=1S/C31H29F2N3O5S3/c32-24-5-3-19(16-25(24)33)22-15-23(43-18-22)17-27-29(38)36(31(42)44-27)9-7-28(37)34-26-6-4-21(30(39)40)14-20(26)2-1-8-35-10-12-41-13-11-35/h3-6,14-18H,1-2,7-13H2,(H,34,37)(H,39,40). The van der Waals surface area contributed by atoms with E-state index in [2.05, 4.69) is 10.2 Å². The number of thiophene rings is 1. The number of benzene rings is 2. The molecule has 0 atom stereocenters. The summed E-state index contributed by atoms with van der Waals surface area (Å²) in [5, 5.41) is 14.1. The van der Waals surface area contributed by atoms with Crippen LogP contribution in [-0.2, 0) is 20.7 Å². The second kappa shape index (κ2) is 14.5. The first kappa shape index (κ1) is 31.9. The Balaban J connectivity index is 1.18. The largest absolute Gasteiger partial charge is 0.478 e. The van der Waals surface area contributed by atoms with Gasteiger partial charge in [-0.15, -0.1) is 11.3 Å². The highest BCUT2D eigenvalue weighted by molar-refractivity contribution is 8.26. The monoisotopic (exact) mass is 657 g/mol. The summed E-state index contributed by atoms with van der Waals surface area (Å²) in [5.41, 5.74) is 2.65. The number of hydrogen-bond donors (Lipinski definition) is 2. The first-order valence-corrected chi connectivity index (χ1v) is 16.0. The number of nitrogens with zero attached hydrogens (tertiary/aromatic N) is 2. The van der Waals surface area contributed by atoms with Crippen molar-refractivity contribution >= 4 is 69.2 Å². The number of carbonyl (C=O) groups excluding carboxylic acids is 2. The number of rotatable bonds is 11. The van der Waals surface area contributed by atoms with Crippen LogP contribution in [0, 0.1) is 11.6 Å². The van der Waals surface area contributed by atoms with Crippen molar-refractivity contribution in [1.82, 2.24) is 9.80 Å². The van der Waals surface area contributed by atoms with Gasteiger partial charge in [-0.2, -0.15) is 0 Å². The second-order valence-electron chi connectivity index (χ2n) is 10.2. The SMILES string of the molecule is O=C(CCN1C(=O)C(=Cc2cc(-c3ccc(F)c(F)c3)cs2)SC1=S)Nc1ccc(C(=O)O)cc1CCCN1CCOCC1. The molecule has 1 aromatic heterocycles. The molecule has 44 heavy (non-hydrogen) atoms. The summed E-state index contributed by atoms with van der Waals surface area (Å²) in [5.74, 6) is -3.53. The molecule has 3 heterocycles. The van der Waals surface area contributed by atoms with Gasteiger partial charge in [0.2, 0.25) is 5.91 Å². The number of thioether (sulfide) groups is 1. The zero-order chi connectivity index (χ0) is 31.2. The van der Waals surface area contributed by atoms with Gasteiger partial charge in [0.05, 0.1) is 23.7 Å². The number of hydrogen-bond acceptors (Lipinski definition) is 8. The lowest BCUT2D eigenvalue weighted by molar-refractivity contribution is -0.122. The van der Waals surface area contributed by atoms with Crippen molar-refractivity contribution in [2.75, 3.05) is 44.7 Å². The summed E-state index contributed by atoms with van der Waals surface area (Å²) >= 11 is 7.91. The van der Waals surface area contributed by atoms with E-state index in [-0.39, 0.29) is 30.3 Å². The van der Waals surface area contributed by atoms with Crippen molar-refractivity contribution in [2.45, 2.75) is 19.3 Å². The van der Waals surface area contributed by atoms with Gasteiger partial charge in [0, 0.05) is 36.6 Å². The molecule has 2 N–H and O–H groups in total. The van der Waals surface area contributed by atoms with E-state index in [4.69, 9.17) is 17.0 Å². The second-order valence-corrected chi connectivity index (χ2v) is 12.9. The van der Waals surface area contributed by atoms with Crippen molar-refractivity contribution in [3.63, 3.8) is 0 Å². The molecule has 2 saturated heterocycles. The van der Waals surface area contributed by atoms with Crippen LogP contribution in [0.25, 0.3) is 17.2 Å². The number of carbonyl (C=O) groups is 3. The maximum absolute atomic E-state index is 13.7. The van der Waals surface area contributed by atoms with Crippen LogP contribution < -0.4 is 5.32 Å². The number of carboxylic acids is 1. The molecule has 2 fully saturated rings. The first-order valence-electron chi connectivity index (χ1n) is 13.9. The summed E-state index contributed by atoms with van der Waals surface area (Å²) in [6.45, 7) is 4.03. The van der Waals surface area contributed by atoms with Crippen LogP contribution in [0.3, 0.4) is 0 Å². The number of morpholine rings is 1. The van der Waals surface area contributed by atoms with Gasteiger partial charge in [-0.3, -0.25) is 19.4 Å². The van der Waals surface area contributed by atoms with Gasteiger partial charge in [-0.25, -0.2) is 13.6 Å². The van der Waals surface area contributed by atoms with E-state index in [0.717, 1.165) is 60.4 Å². The van der Waals surface area contributed by atoms with E-state index in [9.17, 15) is 28.3 Å². The van der Waals surface area contributed by atoms with E-state index in [1.807, 2.05) is 0 Å². The Morgan fingerprint density at radius 3 is 2.59 bits per heavy atom. The van der Waals surface area contributed by atoms with Crippen LogP contribution >= 0.6 is 35.3 Å². The van der Waals surface area contributed by atoms with Crippen molar-refractivity contribution in [3.05, 3.63) is 80.4 Å². The molecule has 5 rings (SSSR count). The van der Waals surface area contributed by atoms with E-state index in [0.29, 0.717) is 45.7 Å². The quantitative estimate of drug-likeness (QED) is 0.195. The molecule has 13 heteroatoms. The average Bonchev–Trinajstić information content (AvgIpc) is 3.58. The summed E-state index contributed by atoms with van der Waals surface area (Å²) in [6, 6.07) is 10.1. The highest BCUT2D eigenvalue weighted by Gasteiger charge is 2.32. The molecular weight excluding hydrogens is 629 g/mol. The van der Waals surface area contributed by atoms with Crippen LogP contribution in [-0.4, -0.2) is 76.4 Å². The van der Waals surface area contributed by atoms with Gasteiger partial charge in [0.25, 0.3) is 5.91 Å². The molecule has 0 unspecified atom stereocenters. The third-order valence-electron chi connectivity index (χ3n) is 7.23. The number of amides is 2. The molecule has 2 aliphatic heterocycles. The minimum Gasteiger partial charge on any atom is -0.478 e. The van der Waals surface area contributed by atoms with E-state index in [1.165, 1.54) is 28.4 Å². The normalized spacial score (nSPS) is 16.6. The molecule has 0 spiro atoms. The topological polar surface area (TPSA) is 99.2 Å². The molecular formula is C31H29F2N3O5S3. The fraction of sp³-hybridized carbons (Fsp3) is 0.290. The lowest BCUT2D eigenvalue weighted by Crippen LogP contribution is -2.37. The number of anilines is 1. The molecule has 0 radical (unpaired) electrons. The first-order chi connectivity index (χ1) is 21.2. The van der Waals surface area contributed by atoms with Crippen LogP contribution in [0.1, 0.15) is 33.6 Å². The number of nitrogens with one attached hydrogen (secondary N) is 1. The van der Waals surface area contributed by atoms with Gasteiger partial charge in [0.1, 0.15) is 4.32 Å². The third-order valence-corrected chi connectivity index (χ3v) is 9.49. The Kier molecular flexibility index (Phi) is 10.5. The molecule has 0 saturated carbocycles. The molecule has 0 aliphatic carbocycles. The van der Waals surface area contributed by atoms with Crippen LogP contribution in [0.4, 0.5) is 14.5 Å². The summed E-state index contributed by atoms with van der Waals surface area (Å²) in [6.07, 6.45) is 3.07. The van der Waals surface area contributed by atoms with Crippen molar-refractivity contribution in [3.8, 4) is 11.1 Å². The molecule has 2 amide bonds. The fourth-order valence-electron chi connectivity index (χ4n) is 4.88. The lowest BCUT2D eigenvalue weighted by Gasteiger charge is -2.26. The molecule has 2 aliphatic rings. The minimum absolute atomic E-state index is 0.00704. The predicted octanol–water partition coefficient (Wildman–Crippen LogP) is 5.89. The molecule has 0 bridgehead atoms. The maximum Gasteiger partial charge on any atom is 0.335 e. The van der Waals surface area contributed by atoms with Crippen molar-refractivity contribution in [2.24, 2.45) is 0 Å². The highest BCUT2D eigenvalue weighted by Crippen LogP contribution is 2.35. The van der Waals surface area contributed by atoms with Crippen LogP contribution in [0.5, 0.6) is 0 Å². The molecule has 230 valence electrons. The van der Waals surface area contributed by atoms with E-state index in [1.54, 1.807) is 29.7 Å². The number of aromatic carboxylic acids is 1. The molecule has 2 aromatic carbocycles. The smallest absolute Gasteiger partial charge is 0.335 e. The van der Waals surface area contributed by atoms with E-state index >= 15 is 0 Å². The molecule has 3 aromatic rings. The van der Waals surface area contributed by atoms with Crippen molar-refractivity contribution < 1.29 is 33.0 Å².